The highest BCUT2D eigenvalue weighted by atomic mass is 16.5. The predicted molar refractivity (Wildman–Crippen MR) is 95.9 cm³/mol. The highest BCUT2D eigenvalue weighted by Crippen LogP contribution is 2.45. The van der Waals surface area contributed by atoms with Gasteiger partial charge in [-0.1, -0.05) is 36.4 Å². The summed E-state index contributed by atoms with van der Waals surface area (Å²) in [6.07, 6.45) is 1.61. The number of carbonyl (C=O) groups is 1. The fourth-order valence-corrected chi connectivity index (χ4v) is 2.93. The van der Waals surface area contributed by atoms with Crippen molar-refractivity contribution in [1.82, 2.24) is 5.32 Å². The molecule has 5 nitrogen and oxygen atoms in total. The molecule has 132 valence electrons. The van der Waals surface area contributed by atoms with Gasteiger partial charge in [-0.15, -0.1) is 0 Å². The van der Waals surface area contributed by atoms with Gasteiger partial charge in [0.2, 0.25) is 0 Å². The molecule has 1 amide bonds. The molecular formula is C20H23NO4. The van der Waals surface area contributed by atoms with E-state index < -0.39 is 6.09 Å². The fourth-order valence-electron chi connectivity index (χ4n) is 2.93. The lowest BCUT2D eigenvalue weighted by atomic mass is 9.99. The Morgan fingerprint density at radius 1 is 1.04 bits per heavy atom. The normalized spacial score (nSPS) is 14.8. The molecule has 1 aliphatic rings. The molecule has 2 N–H and O–H groups in total. The summed E-state index contributed by atoms with van der Waals surface area (Å²) in [5.74, 6) is 0.846. The molecule has 3 rings (SSSR count). The molecule has 0 aliphatic heterocycles. The first kappa shape index (κ1) is 17.3. The number of ether oxygens (including phenoxy) is 2. The van der Waals surface area contributed by atoms with Crippen LogP contribution in [-0.2, 0) is 10.3 Å². The maximum atomic E-state index is 10.9. The van der Waals surface area contributed by atoms with Crippen LogP contribution in [0.1, 0.15) is 24.8 Å². The van der Waals surface area contributed by atoms with Crippen molar-refractivity contribution in [2.24, 2.45) is 0 Å². The maximum Gasteiger partial charge on any atom is 0.405 e. The molecule has 0 spiro atoms. The Kier molecular flexibility index (Phi) is 5.24. The van der Waals surface area contributed by atoms with Crippen LogP contribution in [0.3, 0.4) is 0 Å². The summed E-state index contributed by atoms with van der Waals surface area (Å²) in [5.41, 5.74) is 2.84. The maximum absolute atomic E-state index is 10.9. The van der Waals surface area contributed by atoms with E-state index in [1.165, 1.54) is 0 Å². The number of carboxylic acid groups (broad SMARTS) is 1. The lowest BCUT2D eigenvalue weighted by Gasteiger charge is -2.16. The Morgan fingerprint density at radius 3 is 2.16 bits per heavy atom. The summed E-state index contributed by atoms with van der Waals surface area (Å²) in [6, 6.07) is 16.1. The van der Waals surface area contributed by atoms with Gasteiger partial charge in [-0.2, -0.15) is 0 Å². The van der Waals surface area contributed by atoms with Crippen molar-refractivity contribution in [2.45, 2.75) is 24.8 Å². The van der Waals surface area contributed by atoms with E-state index in [1.807, 2.05) is 48.5 Å². The van der Waals surface area contributed by atoms with E-state index >= 15 is 0 Å². The van der Waals surface area contributed by atoms with Crippen LogP contribution in [0.25, 0.3) is 11.1 Å². The van der Waals surface area contributed by atoms with Crippen molar-refractivity contribution in [3.05, 3.63) is 54.1 Å². The van der Waals surface area contributed by atoms with E-state index in [0.29, 0.717) is 13.2 Å². The van der Waals surface area contributed by atoms with Gasteiger partial charge in [-0.25, -0.2) is 4.79 Å². The number of nitrogens with one attached hydrogen (secondary N) is 1. The van der Waals surface area contributed by atoms with Gasteiger partial charge < -0.3 is 19.9 Å². The van der Waals surface area contributed by atoms with Gasteiger partial charge in [0.25, 0.3) is 0 Å². The van der Waals surface area contributed by atoms with E-state index in [-0.39, 0.29) is 5.54 Å². The third-order valence-corrected chi connectivity index (χ3v) is 4.48. The number of benzene rings is 2. The van der Waals surface area contributed by atoms with Gasteiger partial charge in [-0.3, -0.25) is 0 Å². The van der Waals surface area contributed by atoms with Gasteiger partial charge in [0.15, 0.2) is 0 Å². The minimum absolute atomic E-state index is 0.385. The second-order valence-electron chi connectivity index (χ2n) is 6.31. The minimum atomic E-state index is -0.970. The number of amides is 1. The van der Waals surface area contributed by atoms with Crippen molar-refractivity contribution in [1.29, 1.82) is 0 Å². The summed E-state index contributed by atoms with van der Waals surface area (Å²) in [5, 5.41) is 11.6. The molecule has 0 saturated heterocycles. The van der Waals surface area contributed by atoms with Crippen LogP contribution in [0.4, 0.5) is 4.79 Å². The van der Waals surface area contributed by atoms with E-state index in [2.05, 4.69) is 5.32 Å². The molecule has 0 radical (unpaired) electrons. The van der Waals surface area contributed by atoms with Crippen LogP contribution >= 0.6 is 0 Å². The summed E-state index contributed by atoms with van der Waals surface area (Å²) in [6.45, 7) is 1.34. The molecule has 2 aromatic carbocycles. The largest absolute Gasteiger partial charge is 0.494 e. The molecule has 2 aromatic rings. The highest BCUT2D eigenvalue weighted by Gasteiger charge is 2.45. The zero-order valence-corrected chi connectivity index (χ0v) is 14.3. The molecule has 1 aliphatic carbocycles. The Bertz CT molecular complexity index is 705. The molecule has 0 aromatic heterocycles. The zero-order valence-electron chi connectivity index (χ0n) is 14.3. The molecule has 5 heteroatoms. The number of hydrogen-bond acceptors (Lipinski definition) is 3. The van der Waals surface area contributed by atoms with Crippen LogP contribution in [-0.4, -0.2) is 31.5 Å². The fraction of sp³-hybridized carbons (Fsp3) is 0.350. The molecule has 0 heterocycles. The smallest absolute Gasteiger partial charge is 0.405 e. The van der Waals surface area contributed by atoms with Gasteiger partial charge in [0.1, 0.15) is 5.75 Å². The quantitative estimate of drug-likeness (QED) is 0.712. The number of rotatable bonds is 8. The van der Waals surface area contributed by atoms with Crippen LogP contribution in [0.2, 0.25) is 0 Å². The van der Waals surface area contributed by atoms with Crippen LogP contribution in [0.5, 0.6) is 5.75 Å². The van der Waals surface area contributed by atoms with Crippen LogP contribution < -0.4 is 10.1 Å². The van der Waals surface area contributed by atoms with E-state index in [0.717, 1.165) is 41.7 Å². The van der Waals surface area contributed by atoms with E-state index in [1.54, 1.807) is 7.11 Å². The molecule has 0 atom stereocenters. The van der Waals surface area contributed by atoms with Gasteiger partial charge in [0.05, 0.1) is 12.1 Å². The Morgan fingerprint density at radius 2 is 1.64 bits per heavy atom. The van der Waals surface area contributed by atoms with Crippen LogP contribution in [0, 0.1) is 0 Å². The van der Waals surface area contributed by atoms with Crippen molar-refractivity contribution in [2.75, 3.05) is 20.3 Å². The predicted octanol–water partition coefficient (Wildman–Crippen LogP) is 4.03. The Labute approximate surface area is 147 Å². The highest BCUT2D eigenvalue weighted by molar-refractivity contribution is 5.68. The van der Waals surface area contributed by atoms with Gasteiger partial charge >= 0.3 is 6.09 Å². The average molecular weight is 341 g/mol. The Balaban J connectivity index is 1.63. The van der Waals surface area contributed by atoms with Crippen molar-refractivity contribution >= 4 is 6.09 Å². The third-order valence-electron chi connectivity index (χ3n) is 4.48. The first-order valence-electron chi connectivity index (χ1n) is 8.47. The van der Waals surface area contributed by atoms with E-state index in [4.69, 9.17) is 14.6 Å². The standard InChI is InChI=1S/C20H23NO4/c1-24-13-2-14-25-18-9-5-16(6-10-18)15-3-7-17(8-4-15)20(11-12-20)21-19(22)23/h3-10,21H,2,11-14H2,1H3,(H,22,23). The molecule has 1 saturated carbocycles. The van der Waals surface area contributed by atoms with Gasteiger partial charge in [0, 0.05) is 20.1 Å². The zero-order chi connectivity index (χ0) is 17.7. The summed E-state index contributed by atoms with van der Waals surface area (Å²) in [7, 11) is 1.68. The topological polar surface area (TPSA) is 67.8 Å². The van der Waals surface area contributed by atoms with Crippen molar-refractivity contribution in [3.63, 3.8) is 0 Å². The molecule has 1 fully saturated rings. The molecule has 0 bridgehead atoms. The number of methoxy groups -OCH3 is 1. The molecule has 0 unspecified atom stereocenters. The first-order valence-corrected chi connectivity index (χ1v) is 8.47. The second-order valence-corrected chi connectivity index (χ2v) is 6.31. The molecular weight excluding hydrogens is 318 g/mol. The first-order chi connectivity index (χ1) is 12.1. The van der Waals surface area contributed by atoms with Crippen LogP contribution in [0.15, 0.2) is 48.5 Å². The second kappa shape index (κ2) is 7.57. The van der Waals surface area contributed by atoms with Crippen molar-refractivity contribution in [3.8, 4) is 16.9 Å². The summed E-state index contributed by atoms with van der Waals surface area (Å²) < 4.78 is 10.7. The summed E-state index contributed by atoms with van der Waals surface area (Å²) >= 11 is 0. The third kappa shape index (κ3) is 4.31. The average Bonchev–Trinajstić information content (AvgIpc) is 3.39. The minimum Gasteiger partial charge on any atom is -0.494 e. The Hall–Kier alpha value is -2.53. The SMILES string of the molecule is COCCCOc1ccc(-c2ccc(C3(NC(=O)O)CC3)cc2)cc1. The summed E-state index contributed by atoms with van der Waals surface area (Å²) in [4.78, 5) is 10.9. The van der Waals surface area contributed by atoms with Crippen molar-refractivity contribution < 1.29 is 19.4 Å². The molecule has 25 heavy (non-hydrogen) atoms. The van der Waals surface area contributed by atoms with Gasteiger partial charge in [-0.05, 0) is 41.7 Å². The lowest BCUT2D eigenvalue weighted by Crippen LogP contribution is -2.33. The number of hydrogen-bond donors (Lipinski definition) is 2. The lowest BCUT2D eigenvalue weighted by molar-refractivity contribution is 0.172. The van der Waals surface area contributed by atoms with E-state index in [9.17, 15) is 4.79 Å². The monoisotopic (exact) mass is 341 g/mol.